The lowest BCUT2D eigenvalue weighted by atomic mass is 10.0. The molecule has 0 saturated carbocycles. The fourth-order valence-electron chi connectivity index (χ4n) is 3.00. The van der Waals surface area contributed by atoms with Gasteiger partial charge < -0.3 is 15.5 Å². The van der Waals surface area contributed by atoms with Gasteiger partial charge in [-0.3, -0.25) is 9.59 Å². The van der Waals surface area contributed by atoms with E-state index >= 15 is 0 Å². The van der Waals surface area contributed by atoms with Gasteiger partial charge in [0.1, 0.15) is 0 Å². The van der Waals surface area contributed by atoms with Gasteiger partial charge in [0, 0.05) is 31.1 Å². The molecule has 2 rings (SSSR count). The molecular formula is C18H28ClN3O2. The molecule has 1 saturated heterocycles. The van der Waals surface area contributed by atoms with Gasteiger partial charge in [0.05, 0.1) is 0 Å². The van der Waals surface area contributed by atoms with Crippen molar-refractivity contribution in [3.8, 4) is 0 Å². The van der Waals surface area contributed by atoms with E-state index in [0.29, 0.717) is 18.5 Å². The van der Waals surface area contributed by atoms with E-state index in [1.165, 1.54) is 0 Å². The number of hydrogen-bond acceptors (Lipinski definition) is 3. The van der Waals surface area contributed by atoms with Crippen LogP contribution in [0.25, 0.3) is 0 Å². The molecule has 1 aromatic carbocycles. The van der Waals surface area contributed by atoms with Crippen LogP contribution in [0.3, 0.4) is 0 Å². The topological polar surface area (TPSA) is 61.4 Å². The number of carbonyl (C=O) groups is 2. The molecule has 1 aliphatic rings. The summed E-state index contributed by atoms with van der Waals surface area (Å²) in [5.41, 5.74) is 0.662. The van der Waals surface area contributed by atoms with Gasteiger partial charge in [0.2, 0.25) is 5.91 Å². The maximum absolute atomic E-state index is 12.4. The van der Waals surface area contributed by atoms with E-state index in [-0.39, 0.29) is 30.3 Å². The first-order valence-corrected chi connectivity index (χ1v) is 8.49. The molecule has 1 atom stereocenters. The molecule has 0 aliphatic carbocycles. The number of hydrogen-bond donors (Lipinski definition) is 2. The van der Waals surface area contributed by atoms with Crippen LogP contribution in [0.1, 0.15) is 42.5 Å². The number of rotatable bonds is 7. The standard InChI is InChI=1S/C18H27N3O2.ClH/c1-19-12-7-11-17(22)21-13-6-5-10-16(21)14-20-18(23)15-8-3-2-4-9-15;/h2-4,8-9,16,19H,5-7,10-14H2,1H3,(H,20,23);1H. The monoisotopic (exact) mass is 353 g/mol. The van der Waals surface area contributed by atoms with Crippen LogP contribution in [0.4, 0.5) is 0 Å². The van der Waals surface area contributed by atoms with E-state index in [1.807, 2.05) is 30.1 Å². The highest BCUT2D eigenvalue weighted by atomic mass is 35.5. The van der Waals surface area contributed by atoms with Crippen molar-refractivity contribution in [1.29, 1.82) is 0 Å². The smallest absolute Gasteiger partial charge is 0.251 e. The molecule has 1 aliphatic heterocycles. The minimum Gasteiger partial charge on any atom is -0.350 e. The van der Waals surface area contributed by atoms with Crippen LogP contribution in [0, 0.1) is 0 Å². The van der Waals surface area contributed by atoms with E-state index in [1.54, 1.807) is 12.1 Å². The summed E-state index contributed by atoms with van der Waals surface area (Å²) in [7, 11) is 1.90. The number of benzene rings is 1. The summed E-state index contributed by atoms with van der Waals surface area (Å²) in [4.78, 5) is 26.5. The molecule has 0 radical (unpaired) electrons. The zero-order chi connectivity index (χ0) is 16.5. The molecule has 5 nitrogen and oxygen atoms in total. The molecule has 1 aromatic rings. The second kappa shape index (κ2) is 11.0. The van der Waals surface area contributed by atoms with Crippen molar-refractivity contribution < 1.29 is 9.59 Å². The maximum atomic E-state index is 12.4. The quantitative estimate of drug-likeness (QED) is 0.739. The lowest BCUT2D eigenvalue weighted by molar-refractivity contribution is -0.134. The van der Waals surface area contributed by atoms with Crippen molar-refractivity contribution in [3.63, 3.8) is 0 Å². The van der Waals surface area contributed by atoms with Crippen LogP contribution in [0.2, 0.25) is 0 Å². The van der Waals surface area contributed by atoms with Crippen LogP contribution in [0.5, 0.6) is 0 Å². The Balaban J connectivity index is 0.00000288. The summed E-state index contributed by atoms with van der Waals surface area (Å²) in [6, 6.07) is 9.33. The molecule has 1 unspecified atom stereocenters. The normalized spacial score (nSPS) is 17.0. The summed E-state index contributed by atoms with van der Waals surface area (Å²) < 4.78 is 0. The average Bonchev–Trinajstić information content (AvgIpc) is 2.60. The van der Waals surface area contributed by atoms with Gasteiger partial charge in [0.25, 0.3) is 5.91 Å². The number of nitrogens with zero attached hydrogens (tertiary/aromatic N) is 1. The van der Waals surface area contributed by atoms with Gasteiger partial charge in [-0.25, -0.2) is 0 Å². The lowest BCUT2D eigenvalue weighted by Crippen LogP contribution is -2.49. The Morgan fingerprint density at radius 1 is 1.21 bits per heavy atom. The highest BCUT2D eigenvalue weighted by Gasteiger charge is 2.26. The number of nitrogens with one attached hydrogen (secondary N) is 2. The molecular weight excluding hydrogens is 326 g/mol. The molecule has 0 spiro atoms. The molecule has 1 fully saturated rings. The van der Waals surface area contributed by atoms with Crippen LogP contribution in [-0.4, -0.2) is 49.4 Å². The fourth-order valence-corrected chi connectivity index (χ4v) is 3.00. The SMILES string of the molecule is CNCCCC(=O)N1CCCCC1CNC(=O)c1ccccc1.Cl. The van der Waals surface area contributed by atoms with E-state index < -0.39 is 0 Å². The predicted octanol–water partition coefficient (Wildman–Crippen LogP) is 2.22. The highest BCUT2D eigenvalue weighted by Crippen LogP contribution is 2.18. The van der Waals surface area contributed by atoms with Gasteiger partial charge >= 0.3 is 0 Å². The van der Waals surface area contributed by atoms with Crippen LogP contribution in [-0.2, 0) is 4.79 Å². The summed E-state index contributed by atoms with van der Waals surface area (Å²) >= 11 is 0. The largest absolute Gasteiger partial charge is 0.350 e. The van der Waals surface area contributed by atoms with E-state index in [9.17, 15) is 9.59 Å². The van der Waals surface area contributed by atoms with Crippen molar-refractivity contribution >= 4 is 24.2 Å². The maximum Gasteiger partial charge on any atom is 0.251 e. The van der Waals surface area contributed by atoms with Crippen molar-refractivity contribution in [2.24, 2.45) is 0 Å². The van der Waals surface area contributed by atoms with Crippen molar-refractivity contribution in [3.05, 3.63) is 35.9 Å². The Labute approximate surface area is 150 Å². The second-order valence-corrected chi connectivity index (χ2v) is 6.02. The van der Waals surface area contributed by atoms with Crippen molar-refractivity contribution in [2.75, 3.05) is 26.7 Å². The Hall–Kier alpha value is -1.59. The molecule has 0 bridgehead atoms. The van der Waals surface area contributed by atoms with Gasteiger partial charge in [-0.05, 0) is 51.4 Å². The lowest BCUT2D eigenvalue weighted by Gasteiger charge is -2.36. The van der Waals surface area contributed by atoms with Gasteiger partial charge in [-0.1, -0.05) is 18.2 Å². The molecule has 2 amide bonds. The third-order valence-corrected chi connectivity index (χ3v) is 4.30. The first kappa shape index (κ1) is 20.5. The summed E-state index contributed by atoms with van der Waals surface area (Å²) in [6.07, 6.45) is 4.57. The third kappa shape index (κ3) is 6.13. The zero-order valence-corrected chi connectivity index (χ0v) is 15.1. The Morgan fingerprint density at radius 3 is 2.67 bits per heavy atom. The van der Waals surface area contributed by atoms with Crippen LogP contribution >= 0.6 is 12.4 Å². The van der Waals surface area contributed by atoms with E-state index in [0.717, 1.165) is 38.8 Å². The van der Waals surface area contributed by atoms with Crippen LogP contribution < -0.4 is 10.6 Å². The first-order valence-electron chi connectivity index (χ1n) is 8.49. The third-order valence-electron chi connectivity index (χ3n) is 4.30. The minimum absolute atomic E-state index is 0. The molecule has 6 heteroatoms. The van der Waals surface area contributed by atoms with Crippen molar-refractivity contribution in [1.82, 2.24) is 15.5 Å². The van der Waals surface area contributed by atoms with Crippen LogP contribution in [0.15, 0.2) is 30.3 Å². The molecule has 24 heavy (non-hydrogen) atoms. The molecule has 2 N–H and O–H groups in total. The van der Waals surface area contributed by atoms with Gasteiger partial charge in [-0.15, -0.1) is 12.4 Å². The van der Waals surface area contributed by atoms with Gasteiger partial charge in [-0.2, -0.15) is 0 Å². The number of piperidine rings is 1. The van der Waals surface area contributed by atoms with E-state index in [4.69, 9.17) is 0 Å². The number of amides is 2. The Morgan fingerprint density at radius 2 is 1.96 bits per heavy atom. The summed E-state index contributed by atoms with van der Waals surface area (Å²) in [5.74, 6) is 0.137. The Bertz CT molecular complexity index is 510. The molecule has 134 valence electrons. The highest BCUT2D eigenvalue weighted by molar-refractivity contribution is 5.94. The van der Waals surface area contributed by atoms with Crippen molar-refractivity contribution in [2.45, 2.75) is 38.1 Å². The number of likely N-dealkylation sites (tertiary alicyclic amines) is 1. The number of halogens is 1. The zero-order valence-electron chi connectivity index (χ0n) is 14.3. The van der Waals surface area contributed by atoms with Gasteiger partial charge in [0.15, 0.2) is 0 Å². The Kier molecular flexibility index (Phi) is 9.42. The number of carbonyl (C=O) groups excluding carboxylic acids is 2. The second-order valence-electron chi connectivity index (χ2n) is 6.02. The molecule has 1 heterocycles. The van der Waals surface area contributed by atoms with E-state index in [2.05, 4.69) is 10.6 Å². The summed E-state index contributed by atoms with van der Waals surface area (Å²) in [6.45, 7) is 2.20. The molecule has 0 aromatic heterocycles. The average molecular weight is 354 g/mol. The summed E-state index contributed by atoms with van der Waals surface area (Å²) in [5, 5.41) is 6.04. The minimum atomic E-state index is -0.0706. The fraction of sp³-hybridized carbons (Fsp3) is 0.556. The predicted molar refractivity (Wildman–Crippen MR) is 98.5 cm³/mol. The first-order chi connectivity index (χ1) is 11.2.